The van der Waals surface area contributed by atoms with Crippen molar-refractivity contribution in [3.8, 4) is 0 Å². The van der Waals surface area contributed by atoms with E-state index in [1.807, 2.05) is 0 Å². The second-order valence-corrected chi connectivity index (χ2v) is 3.53. The Morgan fingerprint density at radius 1 is 1.38 bits per heavy atom. The van der Waals surface area contributed by atoms with E-state index in [9.17, 15) is 8.78 Å². The van der Waals surface area contributed by atoms with E-state index in [-0.39, 0.29) is 5.52 Å². The second-order valence-electron chi connectivity index (χ2n) is 2.50. The van der Waals surface area contributed by atoms with Crippen LogP contribution in [0.2, 0.25) is 0 Å². The van der Waals surface area contributed by atoms with Crippen LogP contribution < -0.4 is 5.32 Å². The Hall–Kier alpha value is -1.23. The smallest absolute Gasteiger partial charge is 0.183 e. The lowest BCUT2D eigenvalue weighted by Gasteiger charge is -1.90. The van der Waals surface area contributed by atoms with E-state index >= 15 is 0 Å². The van der Waals surface area contributed by atoms with Gasteiger partial charge < -0.3 is 5.32 Å². The SMILES string of the molecule is CNc1nc2c(F)cc(F)cc2s1. The molecule has 5 heteroatoms. The average Bonchev–Trinajstić information content (AvgIpc) is 2.47. The van der Waals surface area contributed by atoms with Crippen LogP contribution in [0.5, 0.6) is 0 Å². The average molecular weight is 200 g/mol. The summed E-state index contributed by atoms with van der Waals surface area (Å²) >= 11 is 1.22. The lowest BCUT2D eigenvalue weighted by atomic mass is 10.3. The van der Waals surface area contributed by atoms with Crippen molar-refractivity contribution in [2.45, 2.75) is 0 Å². The highest BCUT2D eigenvalue weighted by Gasteiger charge is 2.08. The molecule has 13 heavy (non-hydrogen) atoms. The minimum atomic E-state index is -0.618. The third-order valence-electron chi connectivity index (χ3n) is 1.63. The summed E-state index contributed by atoms with van der Waals surface area (Å²) in [6.45, 7) is 0. The van der Waals surface area contributed by atoms with Gasteiger partial charge in [-0.05, 0) is 6.07 Å². The molecule has 1 aromatic carbocycles. The summed E-state index contributed by atoms with van der Waals surface area (Å²) in [4.78, 5) is 3.94. The number of rotatable bonds is 1. The molecule has 1 heterocycles. The monoisotopic (exact) mass is 200 g/mol. The highest BCUT2D eigenvalue weighted by atomic mass is 32.1. The quantitative estimate of drug-likeness (QED) is 0.765. The van der Waals surface area contributed by atoms with Crippen LogP contribution >= 0.6 is 11.3 Å². The van der Waals surface area contributed by atoms with Gasteiger partial charge in [-0.3, -0.25) is 0 Å². The van der Waals surface area contributed by atoms with Crippen molar-refractivity contribution in [1.29, 1.82) is 0 Å². The fourth-order valence-electron chi connectivity index (χ4n) is 1.06. The minimum Gasteiger partial charge on any atom is -0.365 e. The Morgan fingerprint density at radius 3 is 2.85 bits per heavy atom. The molecule has 0 radical (unpaired) electrons. The van der Waals surface area contributed by atoms with E-state index in [0.717, 1.165) is 6.07 Å². The molecule has 2 aromatic rings. The van der Waals surface area contributed by atoms with Crippen molar-refractivity contribution in [3.05, 3.63) is 23.8 Å². The zero-order valence-corrected chi connectivity index (χ0v) is 7.58. The number of nitrogens with zero attached hydrogens (tertiary/aromatic N) is 1. The predicted octanol–water partition coefficient (Wildman–Crippen LogP) is 2.62. The highest BCUT2D eigenvalue weighted by molar-refractivity contribution is 7.22. The summed E-state index contributed by atoms with van der Waals surface area (Å²) in [7, 11) is 1.69. The molecule has 2 nitrogen and oxygen atoms in total. The van der Waals surface area contributed by atoms with E-state index < -0.39 is 11.6 Å². The zero-order chi connectivity index (χ0) is 9.42. The van der Waals surface area contributed by atoms with E-state index in [2.05, 4.69) is 10.3 Å². The van der Waals surface area contributed by atoms with E-state index in [1.54, 1.807) is 7.05 Å². The van der Waals surface area contributed by atoms with Crippen molar-refractivity contribution in [2.75, 3.05) is 12.4 Å². The van der Waals surface area contributed by atoms with Gasteiger partial charge in [-0.25, -0.2) is 13.8 Å². The number of thiazole rings is 1. The van der Waals surface area contributed by atoms with Crippen LogP contribution in [0.15, 0.2) is 12.1 Å². The first-order chi connectivity index (χ1) is 6.20. The number of benzene rings is 1. The van der Waals surface area contributed by atoms with Crippen LogP contribution in [0, 0.1) is 11.6 Å². The molecule has 1 N–H and O–H groups in total. The van der Waals surface area contributed by atoms with Crippen LogP contribution in [0.4, 0.5) is 13.9 Å². The van der Waals surface area contributed by atoms with Crippen LogP contribution in [0.3, 0.4) is 0 Å². The fourth-order valence-corrected chi connectivity index (χ4v) is 1.92. The normalized spacial score (nSPS) is 10.7. The van der Waals surface area contributed by atoms with Crippen molar-refractivity contribution in [1.82, 2.24) is 4.98 Å². The zero-order valence-electron chi connectivity index (χ0n) is 6.77. The van der Waals surface area contributed by atoms with E-state index in [0.29, 0.717) is 9.83 Å². The largest absolute Gasteiger partial charge is 0.365 e. The minimum absolute atomic E-state index is 0.218. The molecule has 0 spiro atoms. The number of anilines is 1. The van der Waals surface area contributed by atoms with Gasteiger partial charge >= 0.3 is 0 Å². The van der Waals surface area contributed by atoms with Crippen molar-refractivity contribution >= 4 is 26.7 Å². The first kappa shape index (κ1) is 8.37. The van der Waals surface area contributed by atoms with Gasteiger partial charge in [-0.15, -0.1) is 0 Å². The molecule has 0 unspecified atom stereocenters. The number of aromatic nitrogens is 1. The van der Waals surface area contributed by atoms with Crippen molar-refractivity contribution < 1.29 is 8.78 Å². The summed E-state index contributed by atoms with van der Waals surface area (Å²) in [5, 5.41) is 3.36. The third kappa shape index (κ3) is 1.35. The van der Waals surface area contributed by atoms with Gasteiger partial charge in [-0.1, -0.05) is 11.3 Å². The van der Waals surface area contributed by atoms with Gasteiger partial charge in [0, 0.05) is 13.1 Å². The molecule has 68 valence electrons. The molecule has 0 aliphatic heterocycles. The maximum atomic E-state index is 13.1. The van der Waals surface area contributed by atoms with Crippen LogP contribution in [-0.2, 0) is 0 Å². The summed E-state index contributed by atoms with van der Waals surface area (Å²) < 4.78 is 26.3. The first-order valence-corrected chi connectivity index (χ1v) is 4.45. The molecule has 0 saturated heterocycles. The molecular weight excluding hydrogens is 194 g/mol. The van der Waals surface area contributed by atoms with Gasteiger partial charge in [0.05, 0.1) is 4.70 Å². The Bertz CT molecular complexity index is 453. The number of hydrogen-bond donors (Lipinski definition) is 1. The van der Waals surface area contributed by atoms with Crippen LogP contribution in [0.25, 0.3) is 10.2 Å². The maximum Gasteiger partial charge on any atom is 0.183 e. The van der Waals surface area contributed by atoms with Gasteiger partial charge in [0.1, 0.15) is 11.3 Å². The standard InChI is InChI=1S/C8H6F2N2S/c1-11-8-12-7-5(10)2-4(9)3-6(7)13-8/h2-3H,1H3,(H,11,12). The summed E-state index contributed by atoms with van der Waals surface area (Å²) in [5.74, 6) is -1.19. The lowest BCUT2D eigenvalue weighted by molar-refractivity contribution is 0.591. The number of nitrogens with one attached hydrogen (secondary N) is 1. The molecule has 0 aliphatic carbocycles. The van der Waals surface area contributed by atoms with E-state index in [4.69, 9.17) is 0 Å². The molecule has 2 rings (SSSR count). The second kappa shape index (κ2) is 2.92. The summed E-state index contributed by atoms with van der Waals surface area (Å²) in [6.07, 6.45) is 0. The molecule has 0 aliphatic rings. The third-order valence-corrected chi connectivity index (χ3v) is 2.65. The molecule has 0 fully saturated rings. The first-order valence-electron chi connectivity index (χ1n) is 3.64. The number of hydrogen-bond acceptors (Lipinski definition) is 3. The summed E-state index contributed by atoms with van der Waals surface area (Å²) in [5.41, 5.74) is 0.218. The Labute approximate surface area is 77.2 Å². The topological polar surface area (TPSA) is 24.9 Å². The lowest BCUT2D eigenvalue weighted by Crippen LogP contribution is -1.85. The molecule has 0 bridgehead atoms. The highest BCUT2D eigenvalue weighted by Crippen LogP contribution is 2.27. The van der Waals surface area contributed by atoms with E-state index in [1.165, 1.54) is 17.4 Å². The molecule has 0 saturated carbocycles. The van der Waals surface area contributed by atoms with Crippen LogP contribution in [-0.4, -0.2) is 12.0 Å². The molecule has 1 aromatic heterocycles. The molecular formula is C8H6F2N2S. The predicted molar refractivity (Wildman–Crippen MR) is 49.1 cm³/mol. The Kier molecular flexibility index (Phi) is 1.88. The van der Waals surface area contributed by atoms with Gasteiger partial charge in [-0.2, -0.15) is 0 Å². The van der Waals surface area contributed by atoms with Gasteiger partial charge in [0.25, 0.3) is 0 Å². The fraction of sp³-hybridized carbons (Fsp3) is 0.125. The number of fused-ring (bicyclic) bond motifs is 1. The van der Waals surface area contributed by atoms with Crippen LogP contribution in [0.1, 0.15) is 0 Å². The Morgan fingerprint density at radius 2 is 2.15 bits per heavy atom. The maximum absolute atomic E-state index is 13.1. The van der Waals surface area contributed by atoms with Gasteiger partial charge in [0.15, 0.2) is 10.9 Å². The van der Waals surface area contributed by atoms with Gasteiger partial charge in [0.2, 0.25) is 0 Å². The van der Waals surface area contributed by atoms with Crippen molar-refractivity contribution in [3.63, 3.8) is 0 Å². The summed E-state index contributed by atoms with van der Waals surface area (Å²) in [6, 6.07) is 2.11. The molecule has 0 atom stereocenters. The molecule has 0 amide bonds. The Balaban J connectivity index is 2.75. The number of halogens is 2. The van der Waals surface area contributed by atoms with Crippen molar-refractivity contribution in [2.24, 2.45) is 0 Å².